The van der Waals surface area contributed by atoms with Crippen LogP contribution in [0.4, 0.5) is 0 Å². The van der Waals surface area contributed by atoms with Gasteiger partial charge in [-0.2, -0.15) is 0 Å². The molecule has 0 aliphatic carbocycles. The van der Waals surface area contributed by atoms with Crippen LogP contribution in [0.3, 0.4) is 0 Å². The fourth-order valence-electron chi connectivity index (χ4n) is 2.31. The molecule has 2 heteroatoms. The maximum atomic E-state index is 2.29. The predicted octanol–water partition coefficient (Wildman–Crippen LogP) is -0.793. The van der Waals surface area contributed by atoms with Gasteiger partial charge < -0.3 is 0 Å². The Hall–Kier alpha value is -0.944. The molecule has 0 saturated carbocycles. The second-order valence-corrected chi connectivity index (χ2v) is 11.6. The third-order valence-corrected chi connectivity index (χ3v) is 11.0. The van der Waals surface area contributed by atoms with Gasteiger partial charge in [0, 0.05) is 0 Å². The molecule has 0 radical (unpaired) electrons. The zero-order valence-electron chi connectivity index (χ0n) is 11.7. The quantitative estimate of drug-likeness (QED) is 0.539. The summed E-state index contributed by atoms with van der Waals surface area (Å²) in [4.78, 5) is 0. The molecule has 0 aliphatic rings. The van der Waals surface area contributed by atoms with Crippen LogP contribution in [0.5, 0.6) is 0 Å². The molecule has 3 aromatic rings. The normalized spacial score (nSPS) is 9.60. The van der Waals surface area contributed by atoms with Crippen molar-refractivity contribution < 1.29 is 18.9 Å². The van der Waals surface area contributed by atoms with Crippen molar-refractivity contribution >= 4 is 30.5 Å². The minimum atomic E-state index is -1.98. The molecule has 20 heavy (non-hydrogen) atoms. The van der Waals surface area contributed by atoms with Crippen LogP contribution in [0.15, 0.2) is 91.0 Å². The van der Waals surface area contributed by atoms with Gasteiger partial charge in [-0.3, -0.25) is 0 Å². The van der Waals surface area contributed by atoms with E-state index in [-0.39, 0.29) is 18.9 Å². The summed E-state index contributed by atoms with van der Waals surface area (Å²) in [5, 5.41) is 0. The van der Waals surface area contributed by atoms with E-state index in [1.165, 1.54) is 10.7 Å². The van der Waals surface area contributed by atoms with E-state index < -0.39 is 19.8 Å². The van der Waals surface area contributed by atoms with Crippen molar-refractivity contribution in [1.82, 2.24) is 0 Å². The zero-order valence-corrected chi connectivity index (χ0v) is 14.5. The predicted molar refractivity (Wildman–Crippen MR) is 84.0 cm³/mol. The second kappa shape index (κ2) is 7.74. The Kier molecular flexibility index (Phi) is 5.97. The maximum absolute atomic E-state index is 2.29. The molecule has 0 atom stereocenters. The standard InChI is InChI=1S/3C6H5.Li.Sn/c3*1-2-4-6-5-3-1;;/h3*1-5H;;/q;;;2*+1. The monoisotopic (exact) mass is 358 g/mol. The van der Waals surface area contributed by atoms with Gasteiger partial charge in [-0.25, -0.2) is 0 Å². The molecule has 0 bridgehead atoms. The second-order valence-electron chi connectivity index (χ2n) is 4.47. The van der Waals surface area contributed by atoms with E-state index in [0.717, 1.165) is 0 Å². The summed E-state index contributed by atoms with van der Waals surface area (Å²) < 4.78 is 4.59. The van der Waals surface area contributed by atoms with Crippen molar-refractivity contribution in [3.63, 3.8) is 0 Å². The van der Waals surface area contributed by atoms with Gasteiger partial charge in [-0.15, -0.1) is 0 Å². The fourth-order valence-corrected chi connectivity index (χ4v) is 9.67. The van der Waals surface area contributed by atoms with Crippen LogP contribution in [0.1, 0.15) is 0 Å². The fraction of sp³-hybridized carbons (Fsp3) is 0. The van der Waals surface area contributed by atoms with E-state index in [1.54, 1.807) is 0 Å². The average Bonchev–Trinajstić information content (AvgIpc) is 2.51. The van der Waals surface area contributed by atoms with E-state index >= 15 is 0 Å². The Morgan fingerprint density at radius 2 is 0.650 bits per heavy atom. The first-order chi connectivity index (χ1) is 9.45. The summed E-state index contributed by atoms with van der Waals surface area (Å²) in [6, 6.07) is 32.9. The van der Waals surface area contributed by atoms with Crippen LogP contribution in [-0.2, 0) is 0 Å². The SMILES string of the molecule is [Li+].c1cc[c]([Sn+]([c]2ccccc2)[c]2ccccc2)cc1. The first-order valence-corrected chi connectivity index (χ1v) is 10.8. The van der Waals surface area contributed by atoms with Gasteiger partial charge in [0.1, 0.15) is 0 Å². The molecule has 0 N–H and O–H groups in total. The number of rotatable bonds is 3. The Labute approximate surface area is 139 Å². The van der Waals surface area contributed by atoms with Crippen molar-refractivity contribution in [2.24, 2.45) is 0 Å². The summed E-state index contributed by atoms with van der Waals surface area (Å²) in [6.45, 7) is 0. The number of hydrogen-bond donors (Lipinski definition) is 0. The summed E-state index contributed by atoms with van der Waals surface area (Å²) in [5.74, 6) is 0. The molecule has 0 heterocycles. The third-order valence-electron chi connectivity index (χ3n) is 3.19. The van der Waals surface area contributed by atoms with Crippen LogP contribution >= 0.6 is 0 Å². The zero-order chi connectivity index (χ0) is 12.9. The van der Waals surface area contributed by atoms with E-state index in [0.29, 0.717) is 0 Å². The van der Waals surface area contributed by atoms with Gasteiger partial charge >= 0.3 is 140 Å². The molecule has 0 fully saturated rings. The molecule has 0 spiro atoms. The van der Waals surface area contributed by atoms with Gasteiger partial charge in [0.25, 0.3) is 0 Å². The van der Waals surface area contributed by atoms with Crippen LogP contribution in [0.2, 0.25) is 0 Å². The first kappa shape index (κ1) is 15.4. The van der Waals surface area contributed by atoms with Gasteiger partial charge in [0.05, 0.1) is 0 Å². The number of hydrogen-bond acceptors (Lipinski definition) is 0. The summed E-state index contributed by atoms with van der Waals surface area (Å²) in [6.07, 6.45) is 0. The molecule has 3 aromatic carbocycles. The summed E-state index contributed by atoms with van der Waals surface area (Å²) >= 11 is -1.98. The Morgan fingerprint density at radius 3 is 0.900 bits per heavy atom. The minimum absolute atomic E-state index is 0. The molecule has 0 saturated heterocycles. The van der Waals surface area contributed by atoms with Crippen LogP contribution in [-0.4, -0.2) is 19.8 Å². The van der Waals surface area contributed by atoms with Crippen molar-refractivity contribution in [2.75, 3.05) is 0 Å². The van der Waals surface area contributed by atoms with Gasteiger partial charge in [-0.05, 0) is 0 Å². The first-order valence-electron chi connectivity index (χ1n) is 6.48. The Bertz CT molecular complexity index is 529. The molecule has 3 rings (SSSR count). The van der Waals surface area contributed by atoms with Crippen molar-refractivity contribution in [3.8, 4) is 0 Å². The van der Waals surface area contributed by atoms with Crippen molar-refractivity contribution in [1.29, 1.82) is 0 Å². The van der Waals surface area contributed by atoms with Crippen LogP contribution < -0.4 is 29.6 Å². The van der Waals surface area contributed by atoms with Gasteiger partial charge in [0.2, 0.25) is 0 Å². The van der Waals surface area contributed by atoms with Crippen molar-refractivity contribution in [3.05, 3.63) is 91.0 Å². The van der Waals surface area contributed by atoms with Gasteiger partial charge in [-0.1, -0.05) is 0 Å². The topological polar surface area (TPSA) is 0 Å². The number of benzene rings is 3. The van der Waals surface area contributed by atoms with E-state index in [4.69, 9.17) is 0 Å². The molecule has 90 valence electrons. The average molecular weight is 357 g/mol. The Balaban J connectivity index is 0.00000147. The molecular weight excluding hydrogens is 342 g/mol. The van der Waals surface area contributed by atoms with Gasteiger partial charge in [0.15, 0.2) is 0 Å². The summed E-state index contributed by atoms with van der Waals surface area (Å²) in [5.41, 5.74) is 0. The molecule has 0 nitrogen and oxygen atoms in total. The summed E-state index contributed by atoms with van der Waals surface area (Å²) in [7, 11) is 0. The van der Waals surface area contributed by atoms with E-state index in [1.807, 2.05) is 0 Å². The molecule has 0 amide bonds. The molecular formula is C18H15LiSn+2. The van der Waals surface area contributed by atoms with E-state index in [2.05, 4.69) is 91.0 Å². The Morgan fingerprint density at radius 1 is 0.400 bits per heavy atom. The molecule has 0 aliphatic heterocycles. The molecule has 0 aromatic heterocycles. The van der Waals surface area contributed by atoms with E-state index in [9.17, 15) is 0 Å². The van der Waals surface area contributed by atoms with Crippen molar-refractivity contribution in [2.45, 2.75) is 0 Å². The van der Waals surface area contributed by atoms with Crippen LogP contribution in [0, 0.1) is 0 Å². The third kappa shape index (κ3) is 3.58. The molecule has 0 unspecified atom stereocenters. The van der Waals surface area contributed by atoms with Crippen LogP contribution in [0.25, 0.3) is 0 Å².